The van der Waals surface area contributed by atoms with Crippen LogP contribution in [0.4, 0.5) is 0 Å². The van der Waals surface area contributed by atoms with Crippen LogP contribution in [0.15, 0.2) is 30.3 Å². The molecule has 5 heteroatoms. The number of benzene rings is 1. The summed E-state index contributed by atoms with van der Waals surface area (Å²) in [5.41, 5.74) is 2.23. The van der Waals surface area contributed by atoms with E-state index in [0.717, 1.165) is 16.8 Å². The molecule has 2 N–H and O–H groups in total. The molecule has 0 unspecified atom stereocenters. The molecule has 5 nitrogen and oxygen atoms in total. The Balaban J connectivity index is 2.27. The van der Waals surface area contributed by atoms with Crippen LogP contribution in [0.1, 0.15) is 16.8 Å². The summed E-state index contributed by atoms with van der Waals surface area (Å²) in [6.07, 6.45) is 0. The number of hydrogen-bond acceptors (Lipinski definition) is 5. The highest BCUT2D eigenvalue weighted by Crippen LogP contribution is 2.31. The molecule has 1 aromatic heterocycles. The van der Waals surface area contributed by atoms with Gasteiger partial charge < -0.3 is 19.7 Å². The lowest BCUT2D eigenvalue weighted by molar-refractivity contribution is 0.280. The number of ether oxygens (including phenoxy) is 2. The molecular formula is C15H17NO4. The number of aromatic nitrogens is 1. The van der Waals surface area contributed by atoms with Crippen molar-refractivity contribution in [1.82, 2.24) is 4.98 Å². The van der Waals surface area contributed by atoms with Crippen molar-refractivity contribution in [2.45, 2.75) is 20.1 Å². The molecule has 0 atom stereocenters. The van der Waals surface area contributed by atoms with E-state index in [1.807, 2.05) is 6.92 Å². The van der Waals surface area contributed by atoms with Crippen molar-refractivity contribution in [1.29, 1.82) is 0 Å². The monoisotopic (exact) mass is 275 g/mol. The van der Waals surface area contributed by atoms with Crippen LogP contribution in [0.3, 0.4) is 0 Å². The van der Waals surface area contributed by atoms with Crippen LogP contribution in [0.2, 0.25) is 0 Å². The van der Waals surface area contributed by atoms with Gasteiger partial charge >= 0.3 is 0 Å². The Morgan fingerprint density at radius 3 is 2.45 bits per heavy atom. The third-order valence-corrected chi connectivity index (χ3v) is 2.97. The summed E-state index contributed by atoms with van der Waals surface area (Å²) in [5, 5.41) is 18.2. The summed E-state index contributed by atoms with van der Waals surface area (Å²) in [6, 6.07) is 8.66. The van der Waals surface area contributed by atoms with Gasteiger partial charge in [0.1, 0.15) is 0 Å². The number of aryl methyl sites for hydroxylation is 1. The van der Waals surface area contributed by atoms with Gasteiger partial charge in [-0.25, -0.2) is 4.98 Å². The summed E-state index contributed by atoms with van der Waals surface area (Å²) in [7, 11) is 1.54. The van der Waals surface area contributed by atoms with E-state index in [0.29, 0.717) is 17.4 Å². The molecule has 0 bridgehead atoms. The molecule has 0 aliphatic rings. The zero-order chi connectivity index (χ0) is 14.5. The van der Waals surface area contributed by atoms with Crippen LogP contribution in [-0.2, 0) is 13.2 Å². The number of aliphatic hydroxyl groups is 2. The lowest BCUT2D eigenvalue weighted by atomic mass is 10.2. The van der Waals surface area contributed by atoms with Crippen LogP contribution in [0.5, 0.6) is 17.4 Å². The smallest absolute Gasteiger partial charge is 0.219 e. The van der Waals surface area contributed by atoms with Crippen LogP contribution in [0, 0.1) is 6.92 Å². The predicted molar refractivity (Wildman–Crippen MR) is 73.9 cm³/mol. The molecule has 1 heterocycles. The lowest BCUT2D eigenvalue weighted by Crippen LogP contribution is -1.97. The van der Waals surface area contributed by atoms with E-state index in [2.05, 4.69) is 4.98 Å². The summed E-state index contributed by atoms with van der Waals surface area (Å²) >= 11 is 0. The van der Waals surface area contributed by atoms with Gasteiger partial charge in [-0.1, -0.05) is 6.07 Å². The zero-order valence-electron chi connectivity index (χ0n) is 11.5. The number of aliphatic hydroxyl groups excluding tert-OH is 2. The third-order valence-electron chi connectivity index (χ3n) is 2.97. The minimum absolute atomic E-state index is 0.0480. The Morgan fingerprint density at radius 1 is 1.05 bits per heavy atom. The van der Waals surface area contributed by atoms with Crippen molar-refractivity contribution in [3.05, 3.63) is 47.2 Å². The number of hydrogen-bond donors (Lipinski definition) is 2. The van der Waals surface area contributed by atoms with E-state index in [1.165, 1.54) is 7.11 Å². The quantitative estimate of drug-likeness (QED) is 0.875. The SMILES string of the molecule is COc1cc(CO)ccc1Oc1ccc(CO)c(C)n1. The first-order valence-corrected chi connectivity index (χ1v) is 6.21. The molecule has 0 saturated heterocycles. The molecular weight excluding hydrogens is 258 g/mol. The first-order chi connectivity index (χ1) is 9.67. The van der Waals surface area contributed by atoms with Crippen molar-refractivity contribution in [2.24, 2.45) is 0 Å². The minimum atomic E-state index is -0.0564. The van der Waals surface area contributed by atoms with E-state index in [-0.39, 0.29) is 13.2 Å². The second-order valence-corrected chi connectivity index (χ2v) is 4.30. The first kappa shape index (κ1) is 14.3. The molecule has 0 radical (unpaired) electrons. The molecule has 106 valence electrons. The van der Waals surface area contributed by atoms with E-state index < -0.39 is 0 Å². The number of pyridine rings is 1. The highest BCUT2D eigenvalue weighted by molar-refractivity contribution is 5.44. The second-order valence-electron chi connectivity index (χ2n) is 4.30. The van der Waals surface area contributed by atoms with Crippen LogP contribution in [0.25, 0.3) is 0 Å². The zero-order valence-corrected chi connectivity index (χ0v) is 11.5. The highest BCUT2D eigenvalue weighted by atomic mass is 16.5. The number of methoxy groups -OCH3 is 1. The van der Waals surface area contributed by atoms with Gasteiger partial charge in [-0.05, 0) is 36.2 Å². The Kier molecular flexibility index (Phi) is 4.55. The molecule has 0 aliphatic heterocycles. The molecule has 0 spiro atoms. The minimum Gasteiger partial charge on any atom is -0.493 e. The fraction of sp³-hybridized carbons (Fsp3) is 0.267. The summed E-state index contributed by atoms with van der Waals surface area (Å²) in [6.45, 7) is 1.71. The van der Waals surface area contributed by atoms with Crippen molar-refractivity contribution < 1.29 is 19.7 Å². The summed E-state index contributed by atoms with van der Waals surface area (Å²) in [5.74, 6) is 1.48. The van der Waals surface area contributed by atoms with E-state index in [9.17, 15) is 0 Å². The predicted octanol–water partition coefficient (Wildman–Crippen LogP) is 2.18. The average molecular weight is 275 g/mol. The molecule has 0 saturated carbocycles. The third kappa shape index (κ3) is 3.07. The fourth-order valence-electron chi connectivity index (χ4n) is 1.80. The lowest BCUT2D eigenvalue weighted by Gasteiger charge is -2.11. The highest BCUT2D eigenvalue weighted by Gasteiger charge is 2.09. The fourth-order valence-corrected chi connectivity index (χ4v) is 1.80. The molecule has 1 aromatic carbocycles. The number of rotatable bonds is 5. The van der Waals surface area contributed by atoms with Crippen molar-refractivity contribution in [2.75, 3.05) is 7.11 Å². The van der Waals surface area contributed by atoms with Crippen molar-refractivity contribution >= 4 is 0 Å². The van der Waals surface area contributed by atoms with Crippen LogP contribution >= 0.6 is 0 Å². The Morgan fingerprint density at radius 2 is 1.85 bits per heavy atom. The first-order valence-electron chi connectivity index (χ1n) is 6.21. The molecule has 20 heavy (non-hydrogen) atoms. The molecule has 2 rings (SSSR count). The van der Waals surface area contributed by atoms with Crippen molar-refractivity contribution in [3.63, 3.8) is 0 Å². The van der Waals surface area contributed by atoms with Gasteiger partial charge in [0.25, 0.3) is 0 Å². The van der Waals surface area contributed by atoms with Gasteiger partial charge in [-0.15, -0.1) is 0 Å². The number of nitrogens with zero attached hydrogens (tertiary/aromatic N) is 1. The van der Waals surface area contributed by atoms with E-state index >= 15 is 0 Å². The normalized spacial score (nSPS) is 10.4. The maximum absolute atomic E-state index is 9.11. The Hall–Kier alpha value is -2.11. The van der Waals surface area contributed by atoms with Crippen molar-refractivity contribution in [3.8, 4) is 17.4 Å². The van der Waals surface area contributed by atoms with E-state index in [1.54, 1.807) is 30.3 Å². The summed E-state index contributed by atoms with van der Waals surface area (Å²) in [4.78, 5) is 4.27. The molecule has 0 aliphatic carbocycles. The van der Waals surface area contributed by atoms with Gasteiger partial charge in [0.15, 0.2) is 11.5 Å². The molecule has 0 amide bonds. The largest absolute Gasteiger partial charge is 0.493 e. The Bertz CT molecular complexity index is 598. The standard InChI is InChI=1S/C15H17NO4/c1-10-12(9-18)4-6-15(16-10)20-13-5-3-11(8-17)7-14(13)19-2/h3-7,17-18H,8-9H2,1-2H3. The maximum Gasteiger partial charge on any atom is 0.219 e. The van der Waals surface area contributed by atoms with Gasteiger partial charge in [0.05, 0.1) is 20.3 Å². The average Bonchev–Trinajstić information content (AvgIpc) is 2.48. The Labute approximate surface area is 117 Å². The van der Waals surface area contributed by atoms with Crippen LogP contribution < -0.4 is 9.47 Å². The van der Waals surface area contributed by atoms with Crippen LogP contribution in [-0.4, -0.2) is 22.3 Å². The van der Waals surface area contributed by atoms with Gasteiger partial charge in [0, 0.05) is 11.8 Å². The molecule has 2 aromatic rings. The van der Waals surface area contributed by atoms with E-state index in [4.69, 9.17) is 19.7 Å². The topological polar surface area (TPSA) is 71.8 Å². The summed E-state index contributed by atoms with van der Waals surface area (Å²) < 4.78 is 10.9. The maximum atomic E-state index is 9.11. The van der Waals surface area contributed by atoms with Gasteiger partial charge in [-0.2, -0.15) is 0 Å². The molecule has 0 fully saturated rings. The van der Waals surface area contributed by atoms with Gasteiger partial charge in [0.2, 0.25) is 5.88 Å². The second kappa shape index (κ2) is 6.36. The van der Waals surface area contributed by atoms with Gasteiger partial charge in [-0.3, -0.25) is 0 Å².